The van der Waals surface area contributed by atoms with Crippen LogP contribution in [0.1, 0.15) is 6.92 Å². The highest BCUT2D eigenvalue weighted by atomic mass is 16.5. The van der Waals surface area contributed by atoms with Gasteiger partial charge in [0.05, 0.1) is 32.4 Å². The summed E-state index contributed by atoms with van der Waals surface area (Å²) in [6.07, 6.45) is -0.426. The minimum atomic E-state index is -2.00. The maximum Gasteiger partial charge on any atom is 0.337 e. The van der Waals surface area contributed by atoms with Crippen molar-refractivity contribution in [2.24, 2.45) is 0 Å². The average Bonchev–Trinajstić information content (AvgIpc) is 2.36. The lowest BCUT2D eigenvalue weighted by Crippen LogP contribution is -2.54. The molecule has 2 unspecified atom stereocenters. The van der Waals surface area contributed by atoms with E-state index in [-0.39, 0.29) is 19.7 Å². The van der Waals surface area contributed by atoms with Gasteiger partial charge in [0.1, 0.15) is 0 Å². The first-order valence-electron chi connectivity index (χ1n) is 5.58. The molecule has 1 rings (SSSR count). The van der Waals surface area contributed by atoms with Gasteiger partial charge in [-0.1, -0.05) is 0 Å². The van der Waals surface area contributed by atoms with Crippen LogP contribution >= 0.6 is 0 Å². The van der Waals surface area contributed by atoms with Gasteiger partial charge in [-0.05, 0) is 6.92 Å². The summed E-state index contributed by atoms with van der Waals surface area (Å²) in [5.41, 5.74) is -2.00. The number of urea groups is 1. The van der Waals surface area contributed by atoms with Crippen molar-refractivity contribution < 1.29 is 29.6 Å². The highest BCUT2D eigenvalue weighted by molar-refractivity contribution is 5.79. The molecule has 1 heterocycles. The van der Waals surface area contributed by atoms with Gasteiger partial charge >= 0.3 is 12.0 Å². The van der Waals surface area contributed by atoms with Crippen molar-refractivity contribution in [1.29, 1.82) is 0 Å². The van der Waals surface area contributed by atoms with Gasteiger partial charge < -0.3 is 30.3 Å². The molecule has 1 aliphatic rings. The predicted octanol–water partition coefficient (Wildman–Crippen LogP) is -1.78. The minimum Gasteiger partial charge on any atom is -0.479 e. The van der Waals surface area contributed by atoms with Crippen molar-refractivity contribution >= 4 is 12.0 Å². The monoisotopic (exact) mass is 262 g/mol. The Balaban J connectivity index is 2.43. The number of hydrogen-bond donors (Lipinski definition) is 4. The number of aliphatic hydroxyl groups is 2. The van der Waals surface area contributed by atoms with Crippen molar-refractivity contribution in [3.63, 3.8) is 0 Å². The average molecular weight is 262 g/mol. The second-order valence-corrected chi connectivity index (χ2v) is 4.36. The van der Waals surface area contributed by atoms with Crippen molar-refractivity contribution in [3.8, 4) is 0 Å². The van der Waals surface area contributed by atoms with Crippen LogP contribution in [0.25, 0.3) is 0 Å². The van der Waals surface area contributed by atoms with Crippen LogP contribution < -0.4 is 5.32 Å². The van der Waals surface area contributed by atoms with Gasteiger partial charge in [0.2, 0.25) is 0 Å². The fourth-order valence-electron chi connectivity index (χ4n) is 1.45. The van der Waals surface area contributed by atoms with Gasteiger partial charge in [0, 0.05) is 6.54 Å². The van der Waals surface area contributed by atoms with Crippen LogP contribution in [-0.4, -0.2) is 76.8 Å². The number of hydrogen-bond acceptors (Lipinski definition) is 5. The summed E-state index contributed by atoms with van der Waals surface area (Å²) in [7, 11) is 0. The van der Waals surface area contributed by atoms with Crippen molar-refractivity contribution in [2.45, 2.75) is 18.6 Å². The van der Waals surface area contributed by atoms with Crippen molar-refractivity contribution in [1.82, 2.24) is 10.2 Å². The minimum absolute atomic E-state index is 0.184. The third-order valence-corrected chi connectivity index (χ3v) is 2.67. The summed E-state index contributed by atoms with van der Waals surface area (Å²) in [5, 5.41) is 29.4. The molecule has 8 nitrogen and oxygen atoms in total. The number of carbonyl (C=O) groups excluding carboxylic acids is 1. The summed E-state index contributed by atoms with van der Waals surface area (Å²) in [5.74, 6) is -1.40. The molecule has 8 heteroatoms. The maximum atomic E-state index is 11.7. The van der Waals surface area contributed by atoms with E-state index >= 15 is 0 Å². The fraction of sp³-hybridized carbons (Fsp3) is 0.800. The lowest BCUT2D eigenvalue weighted by atomic mass is 10.1. The molecular weight excluding hydrogens is 244 g/mol. The van der Waals surface area contributed by atoms with E-state index in [0.717, 1.165) is 6.92 Å². The van der Waals surface area contributed by atoms with Gasteiger partial charge in [-0.3, -0.25) is 0 Å². The third kappa shape index (κ3) is 3.83. The van der Waals surface area contributed by atoms with Gasteiger partial charge in [0.25, 0.3) is 0 Å². The van der Waals surface area contributed by atoms with Crippen molar-refractivity contribution in [3.05, 3.63) is 0 Å². The molecule has 2 atom stereocenters. The zero-order valence-corrected chi connectivity index (χ0v) is 10.1. The van der Waals surface area contributed by atoms with E-state index in [1.807, 2.05) is 0 Å². The van der Waals surface area contributed by atoms with E-state index < -0.39 is 23.7 Å². The molecule has 0 aromatic rings. The maximum absolute atomic E-state index is 11.7. The summed E-state index contributed by atoms with van der Waals surface area (Å²) in [6.45, 7) is 1.44. The standard InChI is InChI=1S/C10H18N2O6/c1-10(17,8(14)15)6-11-9(16)12-2-3-18-7(4-12)5-13/h7,13,17H,2-6H2,1H3,(H,11,16)(H,14,15). The first kappa shape index (κ1) is 14.7. The second kappa shape index (κ2) is 5.98. The Morgan fingerprint density at radius 1 is 1.56 bits per heavy atom. The molecule has 2 amide bonds. The first-order chi connectivity index (χ1) is 8.36. The lowest BCUT2D eigenvalue weighted by molar-refractivity contribution is -0.155. The van der Waals surface area contributed by atoms with Crippen LogP contribution in [0, 0.1) is 0 Å². The van der Waals surface area contributed by atoms with Crippen LogP contribution in [0.3, 0.4) is 0 Å². The molecule has 0 aliphatic carbocycles. The quantitative estimate of drug-likeness (QED) is 0.476. The molecule has 1 aliphatic heterocycles. The topological polar surface area (TPSA) is 119 Å². The summed E-state index contributed by atoms with van der Waals surface area (Å²) in [6, 6.07) is -0.488. The SMILES string of the molecule is CC(O)(CNC(=O)N1CCOC(CO)C1)C(=O)O. The number of carbonyl (C=O) groups is 2. The number of carboxylic acids is 1. The Morgan fingerprint density at radius 2 is 2.22 bits per heavy atom. The molecule has 104 valence electrons. The molecule has 4 N–H and O–H groups in total. The van der Waals surface area contributed by atoms with Crippen molar-refractivity contribution in [2.75, 3.05) is 32.8 Å². The first-order valence-corrected chi connectivity index (χ1v) is 5.58. The van der Waals surface area contributed by atoms with Crippen LogP contribution in [0.4, 0.5) is 4.79 Å². The Bertz CT molecular complexity index is 319. The fourth-order valence-corrected chi connectivity index (χ4v) is 1.45. The largest absolute Gasteiger partial charge is 0.479 e. The van der Waals surface area contributed by atoms with Crippen LogP contribution in [0.5, 0.6) is 0 Å². The van der Waals surface area contributed by atoms with E-state index in [2.05, 4.69) is 5.32 Å². The summed E-state index contributed by atoms with van der Waals surface area (Å²) >= 11 is 0. The number of carboxylic acid groups (broad SMARTS) is 1. The Morgan fingerprint density at radius 3 is 2.78 bits per heavy atom. The molecule has 18 heavy (non-hydrogen) atoms. The zero-order valence-electron chi connectivity index (χ0n) is 10.1. The van der Waals surface area contributed by atoms with Gasteiger partial charge in [-0.15, -0.1) is 0 Å². The lowest BCUT2D eigenvalue weighted by Gasteiger charge is -2.32. The molecule has 1 saturated heterocycles. The Labute approximate surface area is 104 Å². The van der Waals surface area contributed by atoms with E-state index in [1.54, 1.807) is 0 Å². The van der Waals surface area contributed by atoms with E-state index in [9.17, 15) is 14.7 Å². The van der Waals surface area contributed by atoms with Crippen LogP contribution in [0.15, 0.2) is 0 Å². The molecule has 1 fully saturated rings. The molecule has 0 spiro atoms. The highest BCUT2D eigenvalue weighted by Crippen LogP contribution is 2.06. The third-order valence-electron chi connectivity index (χ3n) is 2.67. The molecular formula is C10H18N2O6. The van der Waals surface area contributed by atoms with Gasteiger partial charge in [0.15, 0.2) is 5.60 Å². The van der Waals surface area contributed by atoms with E-state index in [4.69, 9.17) is 14.9 Å². The molecule has 0 aromatic heterocycles. The number of morpholine rings is 1. The molecule has 0 saturated carbocycles. The highest BCUT2D eigenvalue weighted by Gasteiger charge is 2.31. The second-order valence-electron chi connectivity index (χ2n) is 4.36. The number of amides is 2. The predicted molar refractivity (Wildman–Crippen MR) is 60.1 cm³/mol. The normalized spacial score (nSPS) is 23.3. The summed E-state index contributed by atoms with van der Waals surface area (Å²) in [4.78, 5) is 23.7. The number of aliphatic hydroxyl groups excluding tert-OH is 1. The van der Waals surface area contributed by atoms with E-state index in [1.165, 1.54) is 4.90 Å². The molecule has 0 bridgehead atoms. The number of nitrogens with one attached hydrogen (secondary N) is 1. The van der Waals surface area contributed by atoms with Gasteiger partial charge in [-0.25, -0.2) is 9.59 Å². The number of aliphatic carboxylic acids is 1. The number of rotatable bonds is 4. The Kier molecular flexibility index (Phi) is 4.88. The van der Waals surface area contributed by atoms with Gasteiger partial charge in [-0.2, -0.15) is 0 Å². The van der Waals surface area contributed by atoms with Crippen LogP contribution in [0.2, 0.25) is 0 Å². The zero-order chi connectivity index (χ0) is 13.8. The number of nitrogens with zero attached hydrogens (tertiary/aromatic N) is 1. The molecule has 0 radical (unpaired) electrons. The van der Waals surface area contributed by atoms with E-state index in [0.29, 0.717) is 13.2 Å². The smallest absolute Gasteiger partial charge is 0.337 e. The summed E-state index contributed by atoms with van der Waals surface area (Å²) < 4.78 is 5.18. The molecule has 0 aromatic carbocycles. The number of ether oxygens (including phenoxy) is 1. The Hall–Kier alpha value is -1.38. The van der Waals surface area contributed by atoms with Crippen LogP contribution in [-0.2, 0) is 9.53 Å².